The molecule has 8 N–H and O–H groups in total. The lowest BCUT2D eigenvalue weighted by Gasteiger charge is -2.28. The number of rotatable bonds is 11. The van der Waals surface area contributed by atoms with Crippen LogP contribution in [0.25, 0.3) is 11.0 Å². The molecule has 1 aliphatic rings. The third-order valence-corrected chi connectivity index (χ3v) is 7.35. The number of halogens is 3. The number of guanidine groups is 1. The molecule has 1 fully saturated rings. The molecule has 0 aliphatic carbocycles. The lowest BCUT2D eigenvalue weighted by molar-refractivity contribution is -0.140. The predicted molar refractivity (Wildman–Crippen MR) is 161 cm³/mol. The number of fused-ring (bicyclic) bond motifs is 1. The molecule has 15 heteroatoms. The molecule has 3 aromatic rings. The highest BCUT2D eigenvalue weighted by molar-refractivity contribution is 6.00. The van der Waals surface area contributed by atoms with Crippen LogP contribution in [-0.4, -0.2) is 59.8 Å². The van der Waals surface area contributed by atoms with Crippen molar-refractivity contribution in [2.24, 2.45) is 22.2 Å². The lowest BCUT2D eigenvalue weighted by atomic mass is 10.0. The van der Waals surface area contributed by atoms with E-state index in [0.29, 0.717) is 25.5 Å². The number of hydrogen-bond donors (Lipinski definition) is 5. The van der Waals surface area contributed by atoms with E-state index in [9.17, 15) is 32.3 Å². The number of likely N-dealkylation sites (tertiary alicyclic amines) is 1. The average molecular weight is 630 g/mol. The quantitative estimate of drug-likeness (QED) is 0.0916. The molecule has 0 spiro atoms. The number of carbonyl (C=O) groups is 3. The van der Waals surface area contributed by atoms with E-state index < -0.39 is 47.3 Å². The van der Waals surface area contributed by atoms with Gasteiger partial charge in [-0.25, -0.2) is 4.79 Å². The van der Waals surface area contributed by atoms with Crippen molar-refractivity contribution in [1.29, 1.82) is 0 Å². The first kappa shape index (κ1) is 33.0. The molecule has 3 unspecified atom stereocenters. The second-order valence-electron chi connectivity index (χ2n) is 10.7. The van der Waals surface area contributed by atoms with Gasteiger partial charge in [-0.1, -0.05) is 30.3 Å². The fraction of sp³-hybridized carbons (Fsp3) is 0.367. The molecule has 12 nitrogen and oxygen atoms in total. The van der Waals surface area contributed by atoms with Crippen molar-refractivity contribution in [3.05, 3.63) is 76.1 Å². The Morgan fingerprint density at radius 3 is 2.51 bits per heavy atom. The number of nitrogens with one attached hydrogen (secondary N) is 2. The molecule has 45 heavy (non-hydrogen) atoms. The topological polar surface area (TPSA) is 199 Å². The van der Waals surface area contributed by atoms with Gasteiger partial charge >= 0.3 is 11.8 Å². The van der Waals surface area contributed by atoms with Gasteiger partial charge in [-0.05, 0) is 49.8 Å². The zero-order chi connectivity index (χ0) is 32.7. The molecule has 0 bridgehead atoms. The van der Waals surface area contributed by atoms with E-state index in [1.54, 1.807) is 0 Å². The summed E-state index contributed by atoms with van der Waals surface area (Å²) >= 11 is 0. The molecule has 3 amide bonds. The summed E-state index contributed by atoms with van der Waals surface area (Å²) in [6, 6.07) is 10.1. The van der Waals surface area contributed by atoms with Crippen LogP contribution in [0, 0.1) is 0 Å². The van der Waals surface area contributed by atoms with Crippen molar-refractivity contribution in [3.63, 3.8) is 0 Å². The van der Waals surface area contributed by atoms with E-state index in [2.05, 4.69) is 15.6 Å². The smallest absolute Gasteiger partial charge is 0.417 e. The van der Waals surface area contributed by atoms with Crippen LogP contribution in [0.1, 0.15) is 36.8 Å². The van der Waals surface area contributed by atoms with Gasteiger partial charge in [0.1, 0.15) is 17.7 Å². The maximum atomic E-state index is 13.4. The maximum absolute atomic E-state index is 13.4. The number of carbonyl (C=O) groups excluding carboxylic acids is 3. The number of alkyl halides is 3. The minimum atomic E-state index is -4.80. The highest BCUT2D eigenvalue weighted by Crippen LogP contribution is 2.34. The Balaban J connectivity index is 1.50. The second kappa shape index (κ2) is 14.2. The fourth-order valence-corrected chi connectivity index (χ4v) is 5.22. The first-order valence-electron chi connectivity index (χ1n) is 14.2. The molecule has 2 aromatic carbocycles. The summed E-state index contributed by atoms with van der Waals surface area (Å²) in [4.78, 5) is 57.1. The van der Waals surface area contributed by atoms with E-state index >= 15 is 0 Å². The van der Waals surface area contributed by atoms with Gasteiger partial charge in [0.25, 0.3) is 0 Å². The first-order chi connectivity index (χ1) is 21.3. The Labute approximate surface area is 255 Å². The number of anilines is 1. The van der Waals surface area contributed by atoms with Crippen LogP contribution in [0.2, 0.25) is 0 Å². The Hall–Kier alpha value is -4.92. The van der Waals surface area contributed by atoms with Gasteiger partial charge in [0.15, 0.2) is 5.96 Å². The fourth-order valence-electron chi connectivity index (χ4n) is 5.22. The molecular formula is C30H34F3N7O5. The van der Waals surface area contributed by atoms with Crippen LogP contribution < -0.4 is 33.5 Å². The molecule has 4 rings (SSSR count). The van der Waals surface area contributed by atoms with Crippen LogP contribution in [0.4, 0.5) is 18.9 Å². The summed E-state index contributed by atoms with van der Waals surface area (Å²) < 4.78 is 45.2. The highest BCUT2D eigenvalue weighted by Gasteiger charge is 2.38. The molecule has 0 radical (unpaired) electrons. The summed E-state index contributed by atoms with van der Waals surface area (Å²) in [6.07, 6.45) is -3.22. The number of hydrogen-bond acceptors (Lipinski definition) is 7. The van der Waals surface area contributed by atoms with Crippen LogP contribution in [0.3, 0.4) is 0 Å². The van der Waals surface area contributed by atoms with Crippen molar-refractivity contribution in [1.82, 2.24) is 10.2 Å². The number of benzene rings is 2. The van der Waals surface area contributed by atoms with Crippen molar-refractivity contribution < 1.29 is 32.0 Å². The van der Waals surface area contributed by atoms with Crippen molar-refractivity contribution in [3.8, 4) is 0 Å². The zero-order valence-electron chi connectivity index (χ0n) is 24.2. The van der Waals surface area contributed by atoms with Gasteiger partial charge in [0.05, 0.1) is 11.6 Å². The Kier molecular flexibility index (Phi) is 10.4. The molecule has 1 saturated heterocycles. The summed E-state index contributed by atoms with van der Waals surface area (Å²) in [6.45, 7) is 0.481. The summed E-state index contributed by atoms with van der Waals surface area (Å²) in [5, 5.41) is 4.89. The maximum Gasteiger partial charge on any atom is 0.417 e. The van der Waals surface area contributed by atoms with Crippen LogP contribution in [0.5, 0.6) is 0 Å². The van der Waals surface area contributed by atoms with Crippen molar-refractivity contribution >= 4 is 40.3 Å². The standard InChI is InChI=1S/C30H34F3N7O5/c31-30(32,33)20-16-25(41)45-24-15-18(10-11-19(20)24)38-26(42)22(8-4-12-37-29(35)36)39-27(43)23-9-5-13-40(23)28(44)21(34)14-17-6-2-1-3-7-17/h1-3,6-7,10-11,15-16,21-23H,4-5,8-9,12-14,34H2,(H,38,42)(H,39,43)(H4,35,36,37). The number of nitrogens with zero attached hydrogens (tertiary/aromatic N) is 2. The third-order valence-electron chi connectivity index (χ3n) is 7.35. The third kappa shape index (κ3) is 8.59. The van der Waals surface area contributed by atoms with Crippen LogP contribution >= 0.6 is 0 Å². The zero-order valence-corrected chi connectivity index (χ0v) is 24.2. The molecule has 3 atom stereocenters. The SMILES string of the molecule is NC(N)=NCCCC(NC(=O)C1CCCN1C(=O)C(N)Cc1ccccc1)C(=O)Nc1ccc2c(C(F)(F)F)cc(=O)oc2c1. The normalized spacial score (nSPS) is 16.2. The van der Waals surface area contributed by atoms with Crippen molar-refractivity contribution in [2.45, 2.75) is 56.4 Å². The Morgan fingerprint density at radius 1 is 1.09 bits per heavy atom. The highest BCUT2D eigenvalue weighted by atomic mass is 19.4. The molecule has 240 valence electrons. The lowest BCUT2D eigenvalue weighted by Crippen LogP contribution is -2.54. The Morgan fingerprint density at radius 2 is 1.82 bits per heavy atom. The molecular weight excluding hydrogens is 595 g/mol. The second-order valence-corrected chi connectivity index (χ2v) is 10.7. The van der Waals surface area contributed by atoms with Gasteiger partial charge < -0.3 is 37.2 Å². The van der Waals surface area contributed by atoms with Crippen molar-refractivity contribution in [2.75, 3.05) is 18.4 Å². The first-order valence-corrected chi connectivity index (χ1v) is 14.2. The molecule has 0 saturated carbocycles. The van der Waals surface area contributed by atoms with Gasteiger partial charge in [-0.15, -0.1) is 0 Å². The Bertz CT molecular complexity index is 1620. The van der Waals surface area contributed by atoms with E-state index in [1.165, 1.54) is 11.0 Å². The summed E-state index contributed by atoms with van der Waals surface area (Å²) in [5.74, 6) is -1.79. The predicted octanol–water partition coefficient (Wildman–Crippen LogP) is 1.85. The number of nitrogens with two attached hydrogens (primary N) is 3. The van der Waals surface area contributed by atoms with E-state index in [1.807, 2.05) is 30.3 Å². The monoisotopic (exact) mass is 629 g/mol. The molecule has 1 aromatic heterocycles. The van der Waals surface area contributed by atoms with Gasteiger partial charge in [0.2, 0.25) is 17.7 Å². The summed E-state index contributed by atoms with van der Waals surface area (Å²) in [5.41, 5.74) is 15.1. The van der Waals surface area contributed by atoms with E-state index in [0.717, 1.165) is 17.7 Å². The number of aliphatic imine (C=N–C) groups is 1. The van der Waals surface area contributed by atoms with Crippen LogP contribution in [0.15, 0.2) is 68.8 Å². The average Bonchev–Trinajstić information content (AvgIpc) is 3.47. The molecule has 2 heterocycles. The van der Waals surface area contributed by atoms with Gasteiger partial charge in [0, 0.05) is 36.3 Å². The van der Waals surface area contributed by atoms with Gasteiger partial charge in [-0.3, -0.25) is 19.4 Å². The van der Waals surface area contributed by atoms with Crippen LogP contribution in [-0.2, 0) is 27.0 Å². The molecule has 1 aliphatic heterocycles. The minimum absolute atomic E-state index is 0.0306. The van der Waals surface area contributed by atoms with Gasteiger partial charge in [-0.2, -0.15) is 13.2 Å². The minimum Gasteiger partial charge on any atom is -0.423 e. The number of amides is 3. The van der Waals surface area contributed by atoms with E-state index in [-0.39, 0.29) is 54.3 Å². The van der Waals surface area contributed by atoms with E-state index in [4.69, 9.17) is 21.6 Å². The largest absolute Gasteiger partial charge is 0.423 e. The summed E-state index contributed by atoms with van der Waals surface area (Å²) in [7, 11) is 0.